The molecule has 7 aromatic rings. The molecule has 8 rings (SSSR count). The van der Waals surface area contributed by atoms with Crippen molar-refractivity contribution in [1.29, 1.82) is 0 Å². The number of aromatic nitrogens is 6. The van der Waals surface area contributed by atoms with Gasteiger partial charge in [0.05, 0.1) is 15.3 Å². The van der Waals surface area contributed by atoms with Gasteiger partial charge in [0, 0.05) is 78.0 Å². The predicted octanol–water partition coefficient (Wildman–Crippen LogP) is 7.70. The third-order valence-electron chi connectivity index (χ3n) is 10.3. The van der Waals surface area contributed by atoms with Crippen LogP contribution in [0.4, 0.5) is 22.9 Å². The zero-order chi connectivity index (χ0) is 41.5. The Morgan fingerprint density at radius 2 is 1.68 bits per heavy atom. The summed E-state index contributed by atoms with van der Waals surface area (Å²) in [5.74, 6) is 1.16. The number of sulfonamides is 1. The second-order valence-corrected chi connectivity index (χ2v) is 17.4. The van der Waals surface area contributed by atoms with E-state index in [1.54, 1.807) is 17.8 Å². The van der Waals surface area contributed by atoms with Crippen molar-refractivity contribution in [2.45, 2.75) is 35.2 Å². The summed E-state index contributed by atoms with van der Waals surface area (Å²) in [6.45, 7) is 4.13. The topological polar surface area (TPSA) is 188 Å². The van der Waals surface area contributed by atoms with Crippen LogP contribution in [0.25, 0.3) is 22.0 Å². The lowest BCUT2D eigenvalue weighted by Crippen LogP contribution is -2.46. The predicted molar refractivity (Wildman–Crippen MR) is 235 cm³/mol. The molecule has 0 aliphatic carbocycles. The van der Waals surface area contributed by atoms with Crippen LogP contribution in [0, 0.1) is 10.1 Å². The molecular formula is C42H40ClN11O4S2. The number of nitro benzene ring substituents is 1. The summed E-state index contributed by atoms with van der Waals surface area (Å²) in [5.41, 5.74) is 4.91. The quantitative estimate of drug-likeness (QED) is 0.0488. The van der Waals surface area contributed by atoms with E-state index in [1.165, 1.54) is 29.6 Å². The molecule has 3 N–H and O–H groups in total. The largest absolute Gasteiger partial charge is 0.376 e. The Labute approximate surface area is 355 Å². The van der Waals surface area contributed by atoms with Crippen LogP contribution < -0.4 is 14.9 Å². The average Bonchev–Trinajstić information content (AvgIpc) is 3.79. The molecule has 306 valence electrons. The van der Waals surface area contributed by atoms with Crippen LogP contribution in [0.3, 0.4) is 0 Å². The van der Waals surface area contributed by atoms with Crippen LogP contribution in [0.1, 0.15) is 17.8 Å². The number of halogens is 1. The Morgan fingerprint density at radius 1 is 0.900 bits per heavy atom. The van der Waals surface area contributed by atoms with Gasteiger partial charge in [-0.15, -0.1) is 22.0 Å². The van der Waals surface area contributed by atoms with Crippen LogP contribution in [-0.2, 0) is 23.0 Å². The summed E-state index contributed by atoms with van der Waals surface area (Å²) >= 11 is 7.74. The van der Waals surface area contributed by atoms with Crippen molar-refractivity contribution in [2.75, 3.05) is 46.9 Å². The minimum absolute atomic E-state index is 0.0695. The molecule has 1 aliphatic rings. The molecule has 60 heavy (non-hydrogen) atoms. The second kappa shape index (κ2) is 18.4. The number of nitrogens with zero attached hydrogens (tertiary/aromatic N) is 8. The van der Waals surface area contributed by atoms with E-state index in [2.05, 4.69) is 74.7 Å². The van der Waals surface area contributed by atoms with Gasteiger partial charge in [-0.05, 0) is 77.7 Å². The summed E-state index contributed by atoms with van der Waals surface area (Å²) in [7, 11) is -4.30. The maximum atomic E-state index is 13.8. The average molecular weight is 862 g/mol. The molecule has 0 spiro atoms. The summed E-state index contributed by atoms with van der Waals surface area (Å²) in [4.78, 5) is 26.0. The Hall–Kier alpha value is -6.14. The van der Waals surface area contributed by atoms with Gasteiger partial charge in [0.25, 0.3) is 15.7 Å². The minimum atomic E-state index is -4.30. The molecule has 18 heteroatoms. The summed E-state index contributed by atoms with van der Waals surface area (Å²) < 4.78 is 30.1. The number of tetrazole rings is 1. The minimum Gasteiger partial charge on any atom is -0.376 e. The zero-order valence-corrected chi connectivity index (χ0v) is 34.6. The number of nitro groups is 1. The Balaban J connectivity index is 0.940. The first kappa shape index (κ1) is 40.6. The zero-order valence-electron chi connectivity index (χ0n) is 32.2. The highest BCUT2D eigenvalue weighted by atomic mass is 35.5. The summed E-state index contributed by atoms with van der Waals surface area (Å²) in [6, 6.07) is 35.4. The highest BCUT2D eigenvalue weighted by Gasteiger charge is 2.25. The van der Waals surface area contributed by atoms with E-state index < -0.39 is 14.9 Å². The third-order valence-corrected chi connectivity index (χ3v) is 13.1. The maximum Gasteiger partial charge on any atom is 0.293 e. The van der Waals surface area contributed by atoms with Crippen LogP contribution >= 0.6 is 23.4 Å². The van der Waals surface area contributed by atoms with E-state index in [1.807, 2.05) is 66.7 Å². The first-order valence-electron chi connectivity index (χ1n) is 19.2. The van der Waals surface area contributed by atoms with Crippen LogP contribution in [-0.4, -0.2) is 86.8 Å². The van der Waals surface area contributed by atoms with Crippen molar-refractivity contribution < 1.29 is 13.3 Å². The number of H-pyrrole nitrogens is 1. The molecule has 0 saturated carbocycles. The normalized spacial score (nSPS) is 13.9. The van der Waals surface area contributed by atoms with Crippen molar-refractivity contribution in [3.63, 3.8) is 0 Å². The van der Waals surface area contributed by atoms with Gasteiger partial charge >= 0.3 is 0 Å². The molecule has 3 heterocycles. The highest BCUT2D eigenvalue weighted by molar-refractivity contribution is 7.99. The fraction of sp³-hybridized carbons (Fsp3) is 0.214. The number of hydrogen-bond donors (Lipinski definition) is 3. The van der Waals surface area contributed by atoms with E-state index in [-0.39, 0.29) is 28.1 Å². The van der Waals surface area contributed by atoms with Gasteiger partial charge in [-0.25, -0.2) is 18.4 Å². The number of thioether (sulfide) groups is 1. The molecule has 2 aromatic heterocycles. The first-order valence-corrected chi connectivity index (χ1v) is 22.1. The fourth-order valence-corrected chi connectivity index (χ4v) is 9.33. The SMILES string of the molecule is O=[N+]([O-])c1cc(S(=O)(=O)Nc2ncnc3cc(N4CCN(Cc5ccccc5-c5ccc(Cl)cc5)CC4)ccc23)ccc1N[C@H](CCc1nn[nH]n1)CSc1ccccc1. The number of rotatable bonds is 16. The van der Waals surface area contributed by atoms with Crippen molar-refractivity contribution in [3.05, 3.63) is 148 Å². The monoisotopic (exact) mass is 861 g/mol. The van der Waals surface area contributed by atoms with Gasteiger partial charge in [-0.2, -0.15) is 5.21 Å². The number of benzene rings is 5. The van der Waals surface area contributed by atoms with Gasteiger partial charge < -0.3 is 10.2 Å². The van der Waals surface area contributed by atoms with E-state index in [0.29, 0.717) is 40.3 Å². The third kappa shape index (κ3) is 9.82. The van der Waals surface area contributed by atoms with Gasteiger partial charge in [-0.3, -0.25) is 19.7 Å². The Bertz CT molecular complexity index is 2690. The second-order valence-electron chi connectivity index (χ2n) is 14.2. The summed E-state index contributed by atoms with van der Waals surface area (Å²) in [6.07, 6.45) is 2.32. The van der Waals surface area contributed by atoms with Crippen molar-refractivity contribution in [2.24, 2.45) is 0 Å². The van der Waals surface area contributed by atoms with Gasteiger partial charge in [-0.1, -0.05) is 71.4 Å². The number of piperazine rings is 1. The van der Waals surface area contributed by atoms with E-state index in [9.17, 15) is 18.5 Å². The Morgan fingerprint density at radius 3 is 2.45 bits per heavy atom. The van der Waals surface area contributed by atoms with Crippen LogP contribution in [0.5, 0.6) is 0 Å². The molecular weight excluding hydrogens is 822 g/mol. The van der Waals surface area contributed by atoms with Crippen molar-refractivity contribution in [1.82, 2.24) is 35.5 Å². The lowest BCUT2D eigenvalue weighted by molar-refractivity contribution is -0.384. The van der Waals surface area contributed by atoms with Gasteiger partial charge in [0.15, 0.2) is 11.6 Å². The van der Waals surface area contributed by atoms with E-state index in [0.717, 1.165) is 54.9 Å². The first-order chi connectivity index (χ1) is 29.2. The molecule has 0 amide bonds. The molecule has 5 aromatic carbocycles. The van der Waals surface area contributed by atoms with Crippen LogP contribution in [0.2, 0.25) is 5.02 Å². The van der Waals surface area contributed by atoms with Crippen molar-refractivity contribution in [3.8, 4) is 11.1 Å². The number of hydrogen-bond acceptors (Lipinski definition) is 13. The van der Waals surface area contributed by atoms with Crippen molar-refractivity contribution >= 4 is 67.2 Å². The highest BCUT2D eigenvalue weighted by Crippen LogP contribution is 2.33. The number of anilines is 3. The standard InChI is InChI=1S/C42H40ClN11O4S2/c43-31-12-10-29(11-13-31)36-9-5-4-6-30(36)26-52-20-22-53(23-21-52)33-15-17-37-39(24-33)44-28-45-42(37)49-60(57,58)35-16-18-38(40(25-35)54(55)56)46-32(14-19-41-47-50-51-48-41)27-59-34-7-2-1-3-8-34/h1-13,15-18,24-25,28,32,46H,14,19-23,26-27H2,(H,44,45,49)(H,47,48,50,51)/t32-/m1/s1. The number of fused-ring (bicyclic) bond motifs is 1. The number of nitrogens with one attached hydrogen (secondary N) is 3. The molecule has 15 nitrogen and oxygen atoms in total. The lowest BCUT2D eigenvalue weighted by Gasteiger charge is -2.36. The van der Waals surface area contributed by atoms with E-state index in [4.69, 9.17) is 11.6 Å². The molecule has 0 unspecified atom stereocenters. The lowest BCUT2D eigenvalue weighted by atomic mass is 9.99. The van der Waals surface area contributed by atoms with E-state index >= 15 is 0 Å². The molecule has 1 aliphatic heterocycles. The van der Waals surface area contributed by atoms with Gasteiger partial charge in [0.2, 0.25) is 0 Å². The molecule has 1 atom stereocenters. The maximum absolute atomic E-state index is 13.8. The van der Waals surface area contributed by atoms with Gasteiger partial charge in [0.1, 0.15) is 12.0 Å². The molecule has 1 saturated heterocycles. The fourth-order valence-electron chi connectivity index (χ4n) is 7.16. The van der Waals surface area contributed by atoms with Crippen LogP contribution in [0.15, 0.2) is 131 Å². The smallest absolute Gasteiger partial charge is 0.293 e. The molecule has 0 radical (unpaired) electrons. The molecule has 1 fully saturated rings. The summed E-state index contributed by atoms with van der Waals surface area (Å²) in [5, 5.41) is 30.9. The molecule has 0 bridgehead atoms. The number of aromatic amines is 1. The number of aryl methyl sites for hydroxylation is 1. The Kier molecular flexibility index (Phi) is 12.5.